The Hall–Kier alpha value is -1.33. The minimum absolute atomic E-state index is 0.924. The van der Waals surface area contributed by atoms with Crippen LogP contribution < -0.4 is 0 Å². The third kappa shape index (κ3) is 3.87. The molecule has 0 aliphatic heterocycles. The van der Waals surface area contributed by atoms with Crippen molar-refractivity contribution in [2.24, 2.45) is 0 Å². The molecule has 0 aromatic heterocycles. The van der Waals surface area contributed by atoms with E-state index < -0.39 is 30.3 Å². The molecular weight excluding hydrogens is 240 g/mol. The Morgan fingerprint density at radius 1 is 1.41 bits per heavy atom. The van der Waals surface area contributed by atoms with E-state index in [1.54, 1.807) is 0 Å². The summed E-state index contributed by atoms with van der Waals surface area (Å²) < 4.78 is 55.5. The Morgan fingerprint density at radius 2 is 1.94 bits per heavy atom. The lowest BCUT2D eigenvalue weighted by Gasteiger charge is -2.25. The quantitative estimate of drug-likeness (QED) is 0.427. The monoisotopic (exact) mass is 254 g/mol. The van der Waals surface area contributed by atoms with Crippen LogP contribution in [-0.4, -0.2) is 23.9 Å². The van der Waals surface area contributed by atoms with Gasteiger partial charge in [-0.15, -0.1) is 0 Å². The number of allylic oxidation sites excluding steroid dienone is 2. The summed E-state index contributed by atoms with van der Waals surface area (Å²) in [7, 11) is 0. The Morgan fingerprint density at radius 3 is 2.29 bits per heavy atom. The predicted molar refractivity (Wildman–Crippen MR) is 55.1 cm³/mol. The Kier molecular flexibility index (Phi) is 5.38. The second-order valence-corrected chi connectivity index (χ2v) is 3.42. The van der Waals surface area contributed by atoms with Gasteiger partial charge in [-0.2, -0.15) is 13.2 Å². The van der Waals surface area contributed by atoms with Crippen LogP contribution in [0.15, 0.2) is 24.8 Å². The number of esters is 1. The van der Waals surface area contributed by atoms with E-state index in [0.29, 0.717) is 0 Å². The smallest absolute Gasteiger partial charge is 0.433 e. The molecule has 0 amide bonds. The molecule has 0 N–H and O–H groups in total. The minimum Gasteiger partial charge on any atom is -0.456 e. The molecule has 0 aromatic carbocycles. The summed E-state index contributed by atoms with van der Waals surface area (Å²) >= 11 is 0. The van der Waals surface area contributed by atoms with Gasteiger partial charge in [0.25, 0.3) is 0 Å². The summed E-state index contributed by atoms with van der Waals surface area (Å²) in [6, 6.07) is 0. The second-order valence-electron chi connectivity index (χ2n) is 3.42. The summed E-state index contributed by atoms with van der Waals surface area (Å²) in [4.78, 5) is 11.2. The molecular formula is C11H14F4O2. The fourth-order valence-electron chi connectivity index (χ4n) is 0.905. The zero-order chi connectivity index (χ0) is 13.7. The molecule has 0 rings (SSSR count). The van der Waals surface area contributed by atoms with Crippen LogP contribution in [0.4, 0.5) is 17.6 Å². The van der Waals surface area contributed by atoms with Crippen molar-refractivity contribution in [2.45, 2.75) is 38.2 Å². The molecule has 0 aromatic rings. The van der Waals surface area contributed by atoms with Gasteiger partial charge in [-0.05, 0) is 13.8 Å². The lowest BCUT2D eigenvalue weighted by Crippen LogP contribution is -2.49. The zero-order valence-electron chi connectivity index (χ0n) is 9.55. The van der Waals surface area contributed by atoms with Crippen LogP contribution in [0.3, 0.4) is 0 Å². The highest BCUT2D eigenvalue weighted by molar-refractivity contribution is 5.81. The van der Waals surface area contributed by atoms with Crippen LogP contribution >= 0.6 is 0 Å². The van der Waals surface area contributed by atoms with Gasteiger partial charge < -0.3 is 4.74 Å². The van der Waals surface area contributed by atoms with Gasteiger partial charge in [0, 0.05) is 6.42 Å². The van der Waals surface area contributed by atoms with Gasteiger partial charge >= 0.3 is 17.8 Å². The van der Waals surface area contributed by atoms with Crippen LogP contribution in [0.25, 0.3) is 0 Å². The topological polar surface area (TPSA) is 26.3 Å². The first kappa shape index (κ1) is 15.7. The van der Waals surface area contributed by atoms with Crippen LogP contribution in [0.5, 0.6) is 0 Å². The van der Waals surface area contributed by atoms with Gasteiger partial charge in [0.05, 0.1) is 0 Å². The van der Waals surface area contributed by atoms with E-state index in [4.69, 9.17) is 0 Å². The third-order valence-electron chi connectivity index (χ3n) is 2.03. The van der Waals surface area contributed by atoms with Crippen LogP contribution in [-0.2, 0) is 9.53 Å². The van der Waals surface area contributed by atoms with Crippen molar-refractivity contribution in [1.29, 1.82) is 0 Å². The highest BCUT2D eigenvalue weighted by Crippen LogP contribution is 2.38. The normalized spacial score (nSPS) is 17.5. The van der Waals surface area contributed by atoms with Crippen molar-refractivity contribution in [3.63, 3.8) is 0 Å². The number of carbonyl (C=O) groups excluding carboxylic acids is 1. The molecule has 2 nitrogen and oxygen atoms in total. The maximum absolute atomic E-state index is 13.7. The van der Waals surface area contributed by atoms with E-state index in [2.05, 4.69) is 11.3 Å². The van der Waals surface area contributed by atoms with E-state index in [1.807, 2.05) is 0 Å². The first-order valence-corrected chi connectivity index (χ1v) is 4.89. The second kappa shape index (κ2) is 5.84. The number of halogens is 4. The molecule has 0 bridgehead atoms. The third-order valence-corrected chi connectivity index (χ3v) is 2.03. The number of carbonyl (C=O) groups is 1. The fraction of sp³-hybridized carbons (Fsp3) is 0.545. The number of rotatable bonds is 5. The summed E-state index contributed by atoms with van der Waals surface area (Å²) in [6.07, 6.45) is -4.15. The lowest BCUT2D eigenvalue weighted by atomic mass is 10.0. The Balaban J connectivity index is 5.05. The van der Waals surface area contributed by atoms with Crippen molar-refractivity contribution in [1.82, 2.24) is 0 Å². The summed E-state index contributed by atoms with van der Waals surface area (Å²) in [6.45, 7) is 5.94. The van der Waals surface area contributed by atoms with E-state index in [9.17, 15) is 22.4 Å². The fourth-order valence-corrected chi connectivity index (χ4v) is 0.905. The van der Waals surface area contributed by atoms with Crippen molar-refractivity contribution >= 4 is 5.97 Å². The van der Waals surface area contributed by atoms with Crippen LogP contribution in [0.2, 0.25) is 0 Å². The first-order chi connectivity index (χ1) is 7.69. The SMILES string of the molecule is C=CC(C)OC(=O)C(F)(CC=CC)C(F)(F)F. The standard InChI is InChI=1S/C11H14F4O2/c1-4-6-7-10(12,11(13,14)15)9(16)17-8(3)5-2/h4-6,8H,2,7H2,1,3H3. The molecule has 0 heterocycles. The van der Waals surface area contributed by atoms with Crippen molar-refractivity contribution in [2.75, 3.05) is 0 Å². The first-order valence-electron chi connectivity index (χ1n) is 4.89. The molecule has 0 radical (unpaired) electrons. The molecule has 0 fully saturated rings. The number of ether oxygens (including phenoxy) is 1. The maximum atomic E-state index is 13.7. The van der Waals surface area contributed by atoms with Crippen molar-refractivity contribution in [3.05, 3.63) is 24.8 Å². The summed E-state index contributed by atoms with van der Waals surface area (Å²) in [5.41, 5.74) is -4.02. The van der Waals surface area contributed by atoms with Gasteiger partial charge in [0.1, 0.15) is 6.10 Å². The minimum atomic E-state index is -5.31. The van der Waals surface area contributed by atoms with Gasteiger partial charge in [-0.1, -0.05) is 24.8 Å². The molecule has 2 unspecified atom stereocenters. The Bertz CT molecular complexity index is 309. The zero-order valence-corrected chi connectivity index (χ0v) is 9.55. The van der Waals surface area contributed by atoms with Crippen LogP contribution in [0.1, 0.15) is 20.3 Å². The number of hydrogen-bond donors (Lipinski definition) is 0. The van der Waals surface area contributed by atoms with Gasteiger partial charge in [0.2, 0.25) is 0 Å². The van der Waals surface area contributed by atoms with Gasteiger partial charge in [0.15, 0.2) is 0 Å². The summed E-state index contributed by atoms with van der Waals surface area (Å²) in [5.74, 6) is -1.95. The van der Waals surface area contributed by atoms with E-state index in [0.717, 1.165) is 12.2 Å². The number of alkyl halides is 4. The highest BCUT2D eigenvalue weighted by atomic mass is 19.4. The molecule has 2 atom stereocenters. The number of hydrogen-bond acceptors (Lipinski definition) is 2. The average molecular weight is 254 g/mol. The molecule has 0 spiro atoms. The van der Waals surface area contributed by atoms with Crippen molar-refractivity contribution < 1.29 is 27.1 Å². The van der Waals surface area contributed by atoms with E-state index in [1.165, 1.54) is 19.9 Å². The molecule has 6 heteroatoms. The van der Waals surface area contributed by atoms with Gasteiger partial charge in [-0.25, -0.2) is 9.18 Å². The molecule has 0 saturated carbocycles. The van der Waals surface area contributed by atoms with Gasteiger partial charge in [-0.3, -0.25) is 0 Å². The average Bonchev–Trinajstić information content (AvgIpc) is 2.23. The van der Waals surface area contributed by atoms with Crippen LogP contribution in [0, 0.1) is 0 Å². The molecule has 0 aliphatic carbocycles. The maximum Gasteiger partial charge on any atom is 0.433 e. The molecule has 98 valence electrons. The summed E-state index contributed by atoms with van der Waals surface area (Å²) in [5, 5.41) is 0. The Labute approximate surface area is 96.9 Å². The van der Waals surface area contributed by atoms with Crippen molar-refractivity contribution in [3.8, 4) is 0 Å². The molecule has 17 heavy (non-hydrogen) atoms. The molecule has 0 aliphatic rings. The lowest BCUT2D eigenvalue weighted by molar-refractivity contribution is -0.239. The highest BCUT2D eigenvalue weighted by Gasteiger charge is 2.62. The largest absolute Gasteiger partial charge is 0.456 e. The van der Waals surface area contributed by atoms with E-state index >= 15 is 0 Å². The van der Waals surface area contributed by atoms with E-state index in [-0.39, 0.29) is 0 Å². The predicted octanol–water partition coefficient (Wildman–Crippen LogP) is 3.34. The molecule has 0 saturated heterocycles.